The van der Waals surface area contributed by atoms with Gasteiger partial charge in [0.2, 0.25) is 0 Å². The van der Waals surface area contributed by atoms with Crippen LogP contribution >= 0.6 is 0 Å². The molecule has 2 nitrogen and oxygen atoms in total. The van der Waals surface area contributed by atoms with E-state index in [4.69, 9.17) is 5.73 Å². The number of nitrogens with two attached hydrogens (primary N) is 1. The fourth-order valence-corrected chi connectivity index (χ4v) is 2.06. The van der Waals surface area contributed by atoms with E-state index in [1.54, 1.807) is 0 Å². The molecule has 0 aromatic rings. The third kappa shape index (κ3) is 5.27. The van der Waals surface area contributed by atoms with Crippen LogP contribution in [-0.2, 0) is 0 Å². The van der Waals surface area contributed by atoms with Gasteiger partial charge in [-0.1, -0.05) is 25.7 Å². The number of hydrogen-bond acceptors (Lipinski definition) is 2. The van der Waals surface area contributed by atoms with Crippen LogP contribution in [-0.4, -0.2) is 19.1 Å². The van der Waals surface area contributed by atoms with Crippen LogP contribution in [0.25, 0.3) is 0 Å². The number of hydrogen-bond donors (Lipinski definition) is 2. The molecule has 0 aliphatic heterocycles. The lowest BCUT2D eigenvalue weighted by Gasteiger charge is -2.22. The summed E-state index contributed by atoms with van der Waals surface area (Å²) >= 11 is 0. The molecule has 2 heteroatoms. The number of unbranched alkanes of at least 4 members (excludes halogenated alkanes) is 2. The van der Waals surface area contributed by atoms with Gasteiger partial charge in [0.25, 0.3) is 0 Å². The van der Waals surface area contributed by atoms with Gasteiger partial charge in [0, 0.05) is 6.04 Å². The summed E-state index contributed by atoms with van der Waals surface area (Å²) < 4.78 is 0. The smallest absolute Gasteiger partial charge is 0.00670 e. The monoisotopic (exact) mass is 184 g/mol. The van der Waals surface area contributed by atoms with Crippen molar-refractivity contribution < 1.29 is 0 Å². The normalized spacial score (nSPS) is 19.2. The standard InChI is InChI=1S/C11H24N2/c12-9-5-2-6-10-13-11-7-3-1-4-8-11/h11,13H,1-10,12H2. The first-order chi connectivity index (χ1) is 6.43. The molecule has 0 bridgehead atoms. The highest BCUT2D eigenvalue weighted by atomic mass is 14.9. The molecule has 0 amide bonds. The zero-order valence-electron chi connectivity index (χ0n) is 8.73. The van der Waals surface area contributed by atoms with Crippen molar-refractivity contribution in [3.8, 4) is 0 Å². The summed E-state index contributed by atoms with van der Waals surface area (Å²) in [5, 5.41) is 3.64. The zero-order chi connectivity index (χ0) is 9.36. The molecule has 3 N–H and O–H groups in total. The maximum Gasteiger partial charge on any atom is 0.00670 e. The largest absolute Gasteiger partial charge is 0.330 e. The van der Waals surface area contributed by atoms with Crippen molar-refractivity contribution >= 4 is 0 Å². The molecule has 0 unspecified atom stereocenters. The van der Waals surface area contributed by atoms with Gasteiger partial charge in [0.05, 0.1) is 0 Å². The molecule has 0 spiro atoms. The molecule has 13 heavy (non-hydrogen) atoms. The van der Waals surface area contributed by atoms with E-state index in [1.165, 1.54) is 57.9 Å². The van der Waals surface area contributed by atoms with Crippen LogP contribution in [0.3, 0.4) is 0 Å². The second-order valence-corrected chi connectivity index (χ2v) is 4.14. The Morgan fingerprint density at radius 1 is 1.00 bits per heavy atom. The lowest BCUT2D eigenvalue weighted by Crippen LogP contribution is -2.31. The molecule has 1 aliphatic carbocycles. The molecule has 0 atom stereocenters. The second-order valence-electron chi connectivity index (χ2n) is 4.14. The quantitative estimate of drug-likeness (QED) is 0.620. The summed E-state index contributed by atoms with van der Waals surface area (Å²) in [6.45, 7) is 2.05. The van der Waals surface area contributed by atoms with Crippen molar-refractivity contribution in [2.24, 2.45) is 5.73 Å². The summed E-state index contributed by atoms with van der Waals surface area (Å²) in [7, 11) is 0. The first-order valence-electron chi connectivity index (χ1n) is 5.87. The van der Waals surface area contributed by atoms with Gasteiger partial charge in [-0.15, -0.1) is 0 Å². The molecule has 1 aliphatic rings. The van der Waals surface area contributed by atoms with Crippen LogP contribution in [0.5, 0.6) is 0 Å². The van der Waals surface area contributed by atoms with Crippen molar-refractivity contribution in [2.75, 3.05) is 13.1 Å². The highest BCUT2D eigenvalue weighted by Crippen LogP contribution is 2.17. The van der Waals surface area contributed by atoms with Crippen LogP contribution in [0.4, 0.5) is 0 Å². The fourth-order valence-electron chi connectivity index (χ4n) is 2.06. The number of nitrogens with one attached hydrogen (secondary N) is 1. The topological polar surface area (TPSA) is 38.0 Å². The van der Waals surface area contributed by atoms with Gasteiger partial charge in [-0.05, 0) is 38.8 Å². The van der Waals surface area contributed by atoms with E-state index in [9.17, 15) is 0 Å². The fraction of sp³-hybridized carbons (Fsp3) is 1.00. The maximum atomic E-state index is 5.43. The Labute approximate surface area is 82.3 Å². The zero-order valence-corrected chi connectivity index (χ0v) is 8.73. The van der Waals surface area contributed by atoms with Gasteiger partial charge in [0.15, 0.2) is 0 Å². The highest BCUT2D eigenvalue weighted by Gasteiger charge is 2.11. The second kappa shape index (κ2) is 7.34. The van der Waals surface area contributed by atoms with Crippen LogP contribution in [0.1, 0.15) is 51.4 Å². The Morgan fingerprint density at radius 3 is 2.46 bits per heavy atom. The summed E-state index contributed by atoms with van der Waals surface area (Å²) in [4.78, 5) is 0. The Hall–Kier alpha value is -0.0800. The predicted octanol–water partition coefficient (Wildman–Crippen LogP) is 2.04. The molecule has 78 valence electrons. The molecule has 1 saturated carbocycles. The van der Waals surface area contributed by atoms with Gasteiger partial charge >= 0.3 is 0 Å². The molecule has 0 saturated heterocycles. The average Bonchev–Trinajstić information content (AvgIpc) is 2.19. The van der Waals surface area contributed by atoms with Crippen molar-refractivity contribution in [2.45, 2.75) is 57.4 Å². The minimum atomic E-state index is 0.826. The lowest BCUT2D eigenvalue weighted by molar-refractivity contribution is 0.370. The Morgan fingerprint density at radius 2 is 1.77 bits per heavy atom. The Bertz CT molecular complexity index is 109. The SMILES string of the molecule is NCCCCCNC1CCCCC1. The van der Waals surface area contributed by atoms with E-state index >= 15 is 0 Å². The van der Waals surface area contributed by atoms with Crippen LogP contribution in [0.2, 0.25) is 0 Å². The van der Waals surface area contributed by atoms with Gasteiger partial charge in [-0.25, -0.2) is 0 Å². The van der Waals surface area contributed by atoms with Crippen LogP contribution < -0.4 is 11.1 Å². The van der Waals surface area contributed by atoms with Gasteiger partial charge < -0.3 is 11.1 Å². The van der Waals surface area contributed by atoms with Crippen LogP contribution in [0, 0.1) is 0 Å². The summed E-state index contributed by atoms with van der Waals surface area (Å²) in [5.74, 6) is 0. The lowest BCUT2D eigenvalue weighted by atomic mass is 9.95. The minimum absolute atomic E-state index is 0.826. The van der Waals surface area contributed by atoms with E-state index < -0.39 is 0 Å². The van der Waals surface area contributed by atoms with Gasteiger partial charge in [0.1, 0.15) is 0 Å². The van der Waals surface area contributed by atoms with E-state index in [0.29, 0.717) is 0 Å². The maximum absolute atomic E-state index is 5.43. The van der Waals surface area contributed by atoms with E-state index in [0.717, 1.165) is 12.6 Å². The molecule has 1 rings (SSSR count). The van der Waals surface area contributed by atoms with E-state index in [2.05, 4.69) is 5.32 Å². The summed E-state index contributed by atoms with van der Waals surface area (Å²) in [5.41, 5.74) is 5.43. The Balaban J connectivity index is 1.86. The van der Waals surface area contributed by atoms with Crippen molar-refractivity contribution in [1.29, 1.82) is 0 Å². The number of rotatable bonds is 6. The first kappa shape index (κ1) is 11.0. The molecular weight excluding hydrogens is 160 g/mol. The molecule has 0 aromatic carbocycles. The summed E-state index contributed by atoms with van der Waals surface area (Å²) in [6, 6.07) is 0.826. The minimum Gasteiger partial charge on any atom is -0.330 e. The van der Waals surface area contributed by atoms with E-state index in [1.807, 2.05) is 0 Å². The van der Waals surface area contributed by atoms with Crippen molar-refractivity contribution in [1.82, 2.24) is 5.32 Å². The van der Waals surface area contributed by atoms with Crippen LogP contribution in [0.15, 0.2) is 0 Å². The first-order valence-corrected chi connectivity index (χ1v) is 5.87. The van der Waals surface area contributed by atoms with Gasteiger partial charge in [-0.3, -0.25) is 0 Å². The molecule has 0 aromatic heterocycles. The van der Waals surface area contributed by atoms with E-state index in [-0.39, 0.29) is 0 Å². The van der Waals surface area contributed by atoms with Gasteiger partial charge in [-0.2, -0.15) is 0 Å². The molecule has 0 heterocycles. The molecular formula is C11H24N2. The average molecular weight is 184 g/mol. The highest BCUT2D eigenvalue weighted by molar-refractivity contribution is 4.71. The van der Waals surface area contributed by atoms with Crippen molar-refractivity contribution in [3.63, 3.8) is 0 Å². The summed E-state index contributed by atoms with van der Waals surface area (Å²) in [6.07, 6.45) is 10.9. The molecule has 0 radical (unpaired) electrons. The Kier molecular flexibility index (Phi) is 6.21. The third-order valence-corrected chi connectivity index (χ3v) is 2.92. The molecule has 1 fully saturated rings. The predicted molar refractivity (Wildman–Crippen MR) is 57.8 cm³/mol. The van der Waals surface area contributed by atoms with Crippen molar-refractivity contribution in [3.05, 3.63) is 0 Å². The third-order valence-electron chi connectivity index (χ3n) is 2.92.